The summed E-state index contributed by atoms with van der Waals surface area (Å²) in [6, 6.07) is -0.160. The number of carboxylic acid groups (broad SMARTS) is 1. The van der Waals surface area contributed by atoms with Crippen LogP contribution < -0.4 is 5.32 Å². The summed E-state index contributed by atoms with van der Waals surface area (Å²) in [7, 11) is 0. The number of carboxylic acids is 1. The molecule has 1 aliphatic carbocycles. The Hall–Kier alpha value is -1.43. The molecule has 3 atom stereocenters. The van der Waals surface area contributed by atoms with E-state index < -0.39 is 17.8 Å². The van der Waals surface area contributed by atoms with E-state index in [9.17, 15) is 9.59 Å². The van der Waals surface area contributed by atoms with Gasteiger partial charge in [0, 0.05) is 11.6 Å². The summed E-state index contributed by atoms with van der Waals surface area (Å²) >= 11 is 1.48. The van der Waals surface area contributed by atoms with Crippen LogP contribution in [-0.2, 0) is 9.59 Å². The highest BCUT2D eigenvalue weighted by atomic mass is 32.1. The second-order valence-corrected chi connectivity index (χ2v) is 5.51. The number of rotatable bonds is 4. The van der Waals surface area contributed by atoms with E-state index >= 15 is 0 Å². The van der Waals surface area contributed by atoms with Crippen LogP contribution in [0, 0.1) is 11.8 Å². The summed E-state index contributed by atoms with van der Waals surface area (Å²) < 4.78 is 0. The molecular formula is C12H16N2O3S. The Morgan fingerprint density at radius 1 is 1.50 bits per heavy atom. The number of aliphatic carboxylic acids is 1. The molecule has 18 heavy (non-hydrogen) atoms. The predicted octanol–water partition coefficient (Wildman–Crippen LogP) is 1.82. The maximum Gasteiger partial charge on any atom is 0.307 e. The normalized spacial score (nSPS) is 24.7. The van der Waals surface area contributed by atoms with Crippen molar-refractivity contribution in [2.75, 3.05) is 0 Å². The third-order valence-electron chi connectivity index (χ3n) is 3.35. The summed E-state index contributed by atoms with van der Waals surface area (Å²) in [5, 5.41) is 14.6. The number of aromatic nitrogens is 1. The molecule has 1 heterocycles. The standard InChI is InChI=1S/C12H16N2O3S/c1-7(11-13-5-6-18-11)14-10(15)8-3-2-4-9(8)12(16)17/h5-9H,2-4H2,1H3,(H,14,15)(H,16,17)/t7?,8-,9+/m1/s1. The van der Waals surface area contributed by atoms with Crippen molar-refractivity contribution in [1.29, 1.82) is 0 Å². The molecule has 2 N–H and O–H groups in total. The zero-order chi connectivity index (χ0) is 13.1. The monoisotopic (exact) mass is 268 g/mol. The molecule has 1 unspecified atom stereocenters. The summed E-state index contributed by atoms with van der Waals surface area (Å²) in [6.45, 7) is 1.86. The number of amides is 1. The van der Waals surface area contributed by atoms with Crippen LogP contribution in [-0.4, -0.2) is 22.0 Å². The number of carbonyl (C=O) groups is 2. The fraction of sp³-hybridized carbons (Fsp3) is 0.583. The second kappa shape index (κ2) is 5.48. The molecule has 0 aromatic carbocycles. The molecule has 0 spiro atoms. The third kappa shape index (κ3) is 2.69. The number of nitrogens with zero attached hydrogens (tertiary/aromatic N) is 1. The molecule has 1 fully saturated rings. The van der Waals surface area contributed by atoms with Crippen LogP contribution in [0.25, 0.3) is 0 Å². The molecule has 0 bridgehead atoms. The molecule has 6 heteroatoms. The van der Waals surface area contributed by atoms with Gasteiger partial charge in [0.1, 0.15) is 5.01 Å². The zero-order valence-corrected chi connectivity index (χ0v) is 10.9. The molecule has 2 rings (SSSR count). The van der Waals surface area contributed by atoms with E-state index in [2.05, 4.69) is 10.3 Å². The Labute approximate surface area is 109 Å². The summed E-state index contributed by atoms with van der Waals surface area (Å²) in [6.07, 6.45) is 3.76. The first-order valence-corrected chi connectivity index (χ1v) is 6.90. The van der Waals surface area contributed by atoms with Gasteiger partial charge in [0.25, 0.3) is 0 Å². The lowest BCUT2D eigenvalue weighted by Crippen LogP contribution is -2.36. The molecule has 0 radical (unpaired) electrons. The number of nitrogens with one attached hydrogen (secondary N) is 1. The van der Waals surface area contributed by atoms with E-state index in [-0.39, 0.29) is 11.9 Å². The van der Waals surface area contributed by atoms with Crippen molar-refractivity contribution in [2.45, 2.75) is 32.2 Å². The van der Waals surface area contributed by atoms with Crippen LogP contribution in [0.3, 0.4) is 0 Å². The second-order valence-electron chi connectivity index (χ2n) is 4.58. The van der Waals surface area contributed by atoms with Gasteiger partial charge in [0.15, 0.2) is 0 Å². The summed E-state index contributed by atoms with van der Waals surface area (Å²) in [5.41, 5.74) is 0. The predicted molar refractivity (Wildman–Crippen MR) is 67.1 cm³/mol. The molecule has 0 aliphatic heterocycles. The fourth-order valence-corrected chi connectivity index (χ4v) is 3.05. The Morgan fingerprint density at radius 3 is 2.83 bits per heavy atom. The van der Waals surface area contributed by atoms with Crippen LogP contribution in [0.1, 0.15) is 37.2 Å². The molecule has 1 amide bonds. The zero-order valence-electron chi connectivity index (χ0n) is 10.1. The summed E-state index contributed by atoms with van der Waals surface area (Å²) in [4.78, 5) is 27.2. The summed E-state index contributed by atoms with van der Waals surface area (Å²) in [5.74, 6) is -1.96. The number of carbonyl (C=O) groups excluding carboxylic acids is 1. The lowest BCUT2D eigenvalue weighted by atomic mass is 9.95. The van der Waals surface area contributed by atoms with Crippen LogP contribution in [0.2, 0.25) is 0 Å². The number of hydrogen-bond donors (Lipinski definition) is 2. The van der Waals surface area contributed by atoms with E-state index in [0.29, 0.717) is 12.8 Å². The Bertz CT molecular complexity index is 433. The first-order valence-electron chi connectivity index (χ1n) is 6.02. The Balaban J connectivity index is 1.97. The minimum absolute atomic E-state index is 0.160. The quantitative estimate of drug-likeness (QED) is 0.873. The highest BCUT2D eigenvalue weighted by Crippen LogP contribution is 2.32. The Kier molecular flexibility index (Phi) is 3.96. The van der Waals surface area contributed by atoms with Gasteiger partial charge in [-0.2, -0.15) is 0 Å². The van der Waals surface area contributed by atoms with Crippen molar-refractivity contribution in [3.8, 4) is 0 Å². The number of hydrogen-bond acceptors (Lipinski definition) is 4. The molecule has 1 saturated carbocycles. The van der Waals surface area contributed by atoms with Gasteiger partial charge in [-0.1, -0.05) is 6.42 Å². The molecule has 98 valence electrons. The van der Waals surface area contributed by atoms with Crippen molar-refractivity contribution in [1.82, 2.24) is 10.3 Å². The topological polar surface area (TPSA) is 79.3 Å². The SMILES string of the molecule is CC(NC(=O)[C@@H]1CCC[C@@H]1C(=O)O)c1nccs1. The van der Waals surface area contributed by atoms with Crippen molar-refractivity contribution < 1.29 is 14.7 Å². The van der Waals surface area contributed by atoms with Crippen LogP contribution >= 0.6 is 11.3 Å². The van der Waals surface area contributed by atoms with Crippen molar-refractivity contribution >= 4 is 23.2 Å². The van der Waals surface area contributed by atoms with Gasteiger partial charge in [-0.15, -0.1) is 11.3 Å². The average Bonchev–Trinajstić information content (AvgIpc) is 3.00. The van der Waals surface area contributed by atoms with E-state index in [1.807, 2.05) is 12.3 Å². The molecule has 5 nitrogen and oxygen atoms in total. The van der Waals surface area contributed by atoms with E-state index in [0.717, 1.165) is 11.4 Å². The molecule has 1 aromatic rings. The fourth-order valence-electron chi connectivity index (χ4n) is 2.40. The highest BCUT2D eigenvalue weighted by molar-refractivity contribution is 7.09. The third-order valence-corrected chi connectivity index (χ3v) is 4.31. The molecular weight excluding hydrogens is 252 g/mol. The van der Waals surface area contributed by atoms with Crippen LogP contribution in [0.15, 0.2) is 11.6 Å². The van der Waals surface area contributed by atoms with Crippen LogP contribution in [0.5, 0.6) is 0 Å². The van der Waals surface area contributed by atoms with Gasteiger partial charge in [-0.25, -0.2) is 4.98 Å². The highest BCUT2D eigenvalue weighted by Gasteiger charge is 2.38. The average molecular weight is 268 g/mol. The van der Waals surface area contributed by atoms with Gasteiger partial charge in [0.05, 0.1) is 17.9 Å². The molecule has 1 aliphatic rings. The van der Waals surface area contributed by atoms with Crippen LogP contribution in [0.4, 0.5) is 0 Å². The van der Waals surface area contributed by atoms with Crippen molar-refractivity contribution in [3.63, 3.8) is 0 Å². The first-order chi connectivity index (χ1) is 8.59. The smallest absolute Gasteiger partial charge is 0.307 e. The van der Waals surface area contributed by atoms with E-state index in [4.69, 9.17) is 5.11 Å². The van der Waals surface area contributed by atoms with E-state index in [1.165, 1.54) is 11.3 Å². The van der Waals surface area contributed by atoms with Gasteiger partial charge >= 0.3 is 5.97 Å². The van der Waals surface area contributed by atoms with E-state index in [1.54, 1.807) is 6.20 Å². The maximum atomic E-state index is 12.1. The lowest BCUT2D eigenvalue weighted by Gasteiger charge is -2.18. The molecule has 1 aromatic heterocycles. The van der Waals surface area contributed by atoms with Crippen molar-refractivity contribution in [2.24, 2.45) is 11.8 Å². The van der Waals surface area contributed by atoms with Gasteiger partial charge in [-0.3, -0.25) is 9.59 Å². The largest absolute Gasteiger partial charge is 0.481 e. The lowest BCUT2D eigenvalue weighted by molar-refractivity contribution is -0.146. The van der Waals surface area contributed by atoms with Crippen molar-refractivity contribution in [3.05, 3.63) is 16.6 Å². The Morgan fingerprint density at radius 2 is 2.22 bits per heavy atom. The minimum Gasteiger partial charge on any atom is -0.481 e. The molecule has 0 saturated heterocycles. The minimum atomic E-state index is -0.866. The maximum absolute atomic E-state index is 12.1. The first kappa shape index (κ1) is 13.0. The number of thiazole rings is 1. The van der Waals surface area contributed by atoms with Gasteiger partial charge in [-0.05, 0) is 19.8 Å². The van der Waals surface area contributed by atoms with Gasteiger partial charge in [0.2, 0.25) is 5.91 Å². The van der Waals surface area contributed by atoms with Gasteiger partial charge < -0.3 is 10.4 Å².